The van der Waals surface area contributed by atoms with Crippen LogP contribution in [0.3, 0.4) is 0 Å². The van der Waals surface area contributed by atoms with Crippen LogP contribution < -0.4 is 15.7 Å². The normalized spacial score (nSPS) is 16.6. The van der Waals surface area contributed by atoms with Crippen molar-refractivity contribution in [3.63, 3.8) is 0 Å². The minimum Gasteiger partial charge on any atom is -0.406 e. The monoisotopic (exact) mass is 463 g/mol. The first-order chi connectivity index (χ1) is 15.7. The minimum absolute atomic E-state index is 0.138. The lowest BCUT2D eigenvalue weighted by atomic mass is 10.1. The van der Waals surface area contributed by atoms with Gasteiger partial charge in [0.15, 0.2) is 0 Å². The highest BCUT2D eigenvalue weighted by Crippen LogP contribution is 2.23. The summed E-state index contributed by atoms with van der Waals surface area (Å²) in [6, 6.07) is 10.7. The molecule has 1 unspecified atom stereocenters. The third-order valence-corrected chi connectivity index (χ3v) is 5.68. The number of piperazine rings is 1. The summed E-state index contributed by atoms with van der Waals surface area (Å²) < 4.78 is 40.7. The molecular weight excluding hydrogens is 439 g/mol. The van der Waals surface area contributed by atoms with Crippen molar-refractivity contribution in [1.82, 2.24) is 19.8 Å². The lowest BCUT2D eigenvalue weighted by Gasteiger charge is -2.37. The number of aromatic amines is 2. The van der Waals surface area contributed by atoms with Gasteiger partial charge in [-0.3, -0.25) is 14.6 Å². The third-order valence-electron chi connectivity index (χ3n) is 5.68. The zero-order valence-corrected chi connectivity index (χ0v) is 17.9. The van der Waals surface area contributed by atoms with Gasteiger partial charge in [0.2, 0.25) is 5.91 Å². The Morgan fingerprint density at radius 2 is 1.73 bits per heavy atom. The SMILES string of the molecule is CC(C(=O)Nc1ccc2[nH]c(=O)[nH]c2c1)N1CCN(Cc2ccc(OC(F)(F)F)cc2)CC1. The van der Waals surface area contributed by atoms with Crippen molar-refractivity contribution >= 4 is 22.6 Å². The molecule has 4 rings (SSSR count). The smallest absolute Gasteiger partial charge is 0.406 e. The van der Waals surface area contributed by atoms with Crippen LogP contribution in [0.25, 0.3) is 11.0 Å². The Kier molecular flexibility index (Phi) is 6.43. The number of H-pyrrole nitrogens is 2. The quantitative estimate of drug-likeness (QED) is 0.523. The van der Waals surface area contributed by atoms with Crippen LogP contribution >= 0.6 is 0 Å². The minimum atomic E-state index is -4.70. The topological polar surface area (TPSA) is 93.5 Å². The summed E-state index contributed by atoms with van der Waals surface area (Å²) in [5, 5.41) is 2.89. The summed E-state index contributed by atoms with van der Waals surface area (Å²) in [5.41, 5.74) is 2.49. The van der Waals surface area contributed by atoms with Crippen LogP contribution in [0.4, 0.5) is 18.9 Å². The Morgan fingerprint density at radius 3 is 2.39 bits per heavy atom. The van der Waals surface area contributed by atoms with Gasteiger partial charge in [-0.15, -0.1) is 13.2 Å². The number of benzene rings is 2. The fraction of sp³-hybridized carbons (Fsp3) is 0.364. The predicted octanol–water partition coefficient (Wildman–Crippen LogP) is 2.90. The fourth-order valence-corrected chi connectivity index (χ4v) is 3.89. The zero-order chi connectivity index (χ0) is 23.6. The largest absolute Gasteiger partial charge is 0.573 e. The van der Waals surface area contributed by atoms with Crippen LogP contribution in [0.2, 0.25) is 0 Å². The molecule has 2 heterocycles. The molecule has 1 saturated heterocycles. The van der Waals surface area contributed by atoms with Gasteiger partial charge < -0.3 is 20.0 Å². The van der Waals surface area contributed by atoms with E-state index in [1.165, 1.54) is 12.1 Å². The van der Waals surface area contributed by atoms with Gasteiger partial charge in [-0.25, -0.2) is 4.79 Å². The molecular formula is C22H24F3N5O3. The molecule has 1 aromatic heterocycles. The van der Waals surface area contributed by atoms with E-state index in [1.807, 2.05) is 6.92 Å². The molecule has 3 N–H and O–H groups in total. The Morgan fingerprint density at radius 1 is 1.06 bits per heavy atom. The maximum absolute atomic E-state index is 12.7. The lowest BCUT2D eigenvalue weighted by molar-refractivity contribution is -0.274. The summed E-state index contributed by atoms with van der Waals surface area (Å²) in [4.78, 5) is 33.7. The molecule has 1 aliphatic heterocycles. The van der Waals surface area contributed by atoms with Crippen LogP contribution in [0, 0.1) is 0 Å². The second-order valence-electron chi connectivity index (χ2n) is 8.01. The van der Waals surface area contributed by atoms with Crippen molar-refractivity contribution in [2.45, 2.75) is 25.9 Å². The molecule has 11 heteroatoms. The van der Waals surface area contributed by atoms with Crippen LogP contribution in [0.1, 0.15) is 12.5 Å². The van der Waals surface area contributed by atoms with E-state index >= 15 is 0 Å². The second kappa shape index (κ2) is 9.28. The van der Waals surface area contributed by atoms with Crippen molar-refractivity contribution in [3.05, 3.63) is 58.5 Å². The van der Waals surface area contributed by atoms with Gasteiger partial charge >= 0.3 is 12.1 Å². The van der Waals surface area contributed by atoms with Crippen LogP contribution in [0.5, 0.6) is 5.75 Å². The Bertz CT molecular complexity index is 1160. The number of halogens is 3. The number of fused-ring (bicyclic) bond motifs is 1. The van der Waals surface area contributed by atoms with Crippen molar-refractivity contribution in [3.8, 4) is 5.75 Å². The molecule has 0 aliphatic carbocycles. The van der Waals surface area contributed by atoms with Crippen molar-refractivity contribution in [2.75, 3.05) is 31.5 Å². The van der Waals surface area contributed by atoms with E-state index in [0.717, 1.165) is 18.7 Å². The summed E-state index contributed by atoms with van der Waals surface area (Å²) in [5.74, 6) is -0.376. The van der Waals surface area contributed by atoms with Crippen LogP contribution in [0.15, 0.2) is 47.3 Å². The first kappa shape index (κ1) is 22.9. The molecule has 3 aromatic rings. The molecule has 0 bridgehead atoms. The molecule has 2 aromatic carbocycles. The average Bonchev–Trinajstić information content (AvgIpc) is 3.13. The zero-order valence-electron chi connectivity index (χ0n) is 17.9. The number of carbonyl (C=O) groups is 1. The lowest BCUT2D eigenvalue weighted by Crippen LogP contribution is -2.52. The van der Waals surface area contributed by atoms with Gasteiger partial charge in [0.25, 0.3) is 0 Å². The number of carbonyl (C=O) groups excluding carboxylic acids is 1. The fourth-order valence-electron chi connectivity index (χ4n) is 3.89. The molecule has 0 saturated carbocycles. The number of hydrogen-bond donors (Lipinski definition) is 3. The molecule has 176 valence electrons. The van der Waals surface area contributed by atoms with E-state index in [2.05, 4.69) is 29.8 Å². The van der Waals surface area contributed by atoms with E-state index in [4.69, 9.17) is 0 Å². The number of hydrogen-bond acceptors (Lipinski definition) is 5. The number of ether oxygens (including phenoxy) is 1. The van der Waals surface area contributed by atoms with E-state index in [-0.39, 0.29) is 23.4 Å². The van der Waals surface area contributed by atoms with E-state index < -0.39 is 6.36 Å². The number of amides is 1. The summed E-state index contributed by atoms with van der Waals surface area (Å²) in [6.07, 6.45) is -4.70. The average molecular weight is 463 g/mol. The number of nitrogens with zero attached hydrogens (tertiary/aromatic N) is 2. The number of alkyl halides is 3. The molecule has 0 spiro atoms. The van der Waals surface area contributed by atoms with Gasteiger partial charge in [0.1, 0.15) is 5.75 Å². The molecule has 8 nitrogen and oxygen atoms in total. The Hall–Kier alpha value is -3.31. The summed E-state index contributed by atoms with van der Waals surface area (Å²) in [7, 11) is 0. The third kappa shape index (κ3) is 5.93. The molecule has 33 heavy (non-hydrogen) atoms. The Labute approximate surface area is 187 Å². The maximum atomic E-state index is 12.7. The first-order valence-electron chi connectivity index (χ1n) is 10.5. The van der Waals surface area contributed by atoms with E-state index in [9.17, 15) is 22.8 Å². The van der Waals surface area contributed by atoms with Gasteiger partial charge in [0, 0.05) is 38.4 Å². The van der Waals surface area contributed by atoms with Gasteiger partial charge in [0.05, 0.1) is 17.1 Å². The van der Waals surface area contributed by atoms with Gasteiger partial charge in [-0.1, -0.05) is 12.1 Å². The number of imidazole rings is 1. The molecule has 0 radical (unpaired) electrons. The standard InChI is InChI=1S/C22H24F3N5O3/c1-14(20(31)26-16-4-7-18-19(12-16)28-21(32)27-18)30-10-8-29(9-11-30)13-15-2-5-17(6-3-15)33-22(23,24)25/h2-7,12,14H,8-11,13H2,1H3,(H,26,31)(H2,27,28,32). The highest BCUT2D eigenvalue weighted by Gasteiger charge is 2.31. The van der Waals surface area contributed by atoms with Crippen molar-refractivity contribution < 1.29 is 22.7 Å². The number of nitrogens with one attached hydrogen (secondary N) is 3. The molecule has 1 atom stereocenters. The predicted molar refractivity (Wildman–Crippen MR) is 117 cm³/mol. The number of anilines is 1. The van der Waals surface area contributed by atoms with Crippen LogP contribution in [-0.4, -0.2) is 64.3 Å². The Balaban J connectivity index is 1.27. The maximum Gasteiger partial charge on any atom is 0.573 e. The van der Waals surface area contributed by atoms with Crippen molar-refractivity contribution in [1.29, 1.82) is 0 Å². The molecule has 1 aliphatic rings. The summed E-state index contributed by atoms with van der Waals surface area (Å²) >= 11 is 0. The molecule has 1 fully saturated rings. The van der Waals surface area contributed by atoms with E-state index in [0.29, 0.717) is 36.4 Å². The highest BCUT2D eigenvalue weighted by atomic mass is 19.4. The van der Waals surface area contributed by atoms with Gasteiger partial charge in [-0.05, 0) is 42.8 Å². The first-order valence-corrected chi connectivity index (χ1v) is 10.5. The van der Waals surface area contributed by atoms with Crippen molar-refractivity contribution in [2.24, 2.45) is 0 Å². The second-order valence-corrected chi connectivity index (χ2v) is 8.01. The number of aromatic nitrogens is 2. The number of rotatable bonds is 6. The van der Waals surface area contributed by atoms with Crippen LogP contribution in [-0.2, 0) is 11.3 Å². The van der Waals surface area contributed by atoms with E-state index in [1.54, 1.807) is 30.3 Å². The van der Waals surface area contributed by atoms with Gasteiger partial charge in [-0.2, -0.15) is 0 Å². The highest BCUT2D eigenvalue weighted by molar-refractivity contribution is 5.96. The summed E-state index contributed by atoms with van der Waals surface area (Å²) in [6.45, 7) is 5.29. The molecule has 1 amide bonds.